The van der Waals surface area contributed by atoms with Gasteiger partial charge in [0.1, 0.15) is 24.3 Å². The zero-order valence-electron chi connectivity index (χ0n) is 18.8. The van der Waals surface area contributed by atoms with E-state index in [2.05, 4.69) is 29.6 Å². The third-order valence-electron chi connectivity index (χ3n) is 6.80. The van der Waals surface area contributed by atoms with Crippen LogP contribution in [0.5, 0.6) is 17.2 Å². The highest BCUT2D eigenvalue weighted by Crippen LogP contribution is 2.54. The summed E-state index contributed by atoms with van der Waals surface area (Å²) in [6.45, 7) is 2.82. The minimum absolute atomic E-state index is 0.0502. The third kappa shape index (κ3) is 3.11. The van der Waals surface area contributed by atoms with Crippen molar-refractivity contribution in [3.63, 3.8) is 0 Å². The van der Waals surface area contributed by atoms with Crippen LogP contribution in [0.2, 0.25) is 0 Å². The second kappa shape index (κ2) is 7.80. The second-order valence-corrected chi connectivity index (χ2v) is 8.89. The van der Waals surface area contributed by atoms with Crippen molar-refractivity contribution < 1.29 is 23.8 Å². The minimum atomic E-state index is -1.00. The molecule has 7 nitrogen and oxygen atoms in total. The number of benzene rings is 3. The molecule has 3 aliphatic heterocycles. The Hall–Kier alpha value is -4.00. The van der Waals surface area contributed by atoms with Gasteiger partial charge in [-0.15, -0.1) is 0 Å². The Labute approximate surface area is 197 Å². The van der Waals surface area contributed by atoms with E-state index in [1.165, 1.54) is 5.56 Å². The number of anilines is 1. The first-order valence-electron chi connectivity index (χ1n) is 11.4. The first kappa shape index (κ1) is 20.6. The van der Waals surface area contributed by atoms with E-state index in [0.717, 1.165) is 28.8 Å². The van der Waals surface area contributed by atoms with Gasteiger partial charge in [0.15, 0.2) is 11.5 Å². The van der Waals surface area contributed by atoms with Crippen molar-refractivity contribution in [3.8, 4) is 17.2 Å². The summed E-state index contributed by atoms with van der Waals surface area (Å²) in [5, 5.41) is 2.96. The standard InChI is InChI=1S/C27H24N2O5/c1-17-6-8-18(9-7-17)10-11-28-25(30)14-29-21-5-3-2-4-19(21)27(26(29)31)15-32-22-13-24-23(12-20(22)27)33-16-34-24/h2-9,12-13H,10-11,14-16H2,1H3,(H,28,30). The molecule has 6 rings (SSSR count). The molecule has 3 aliphatic rings. The topological polar surface area (TPSA) is 77.1 Å². The van der Waals surface area contributed by atoms with Gasteiger partial charge in [-0.25, -0.2) is 0 Å². The Morgan fingerprint density at radius 2 is 1.74 bits per heavy atom. The van der Waals surface area contributed by atoms with Gasteiger partial charge in [-0.05, 0) is 36.6 Å². The van der Waals surface area contributed by atoms with E-state index in [-0.39, 0.29) is 31.8 Å². The highest BCUT2D eigenvalue weighted by molar-refractivity contribution is 6.13. The predicted octanol–water partition coefficient (Wildman–Crippen LogP) is 3.11. The first-order valence-corrected chi connectivity index (χ1v) is 11.4. The van der Waals surface area contributed by atoms with Crippen molar-refractivity contribution in [1.82, 2.24) is 5.32 Å². The summed E-state index contributed by atoms with van der Waals surface area (Å²) in [6.07, 6.45) is 0.731. The molecular weight excluding hydrogens is 432 g/mol. The fourth-order valence-corrected chi connectivity index (χ4v) is 5.02. The van der Waals surface area contributed by atoms with Gasteiger partial charge in [0.05, 0.1) is 0 Å². The van der Waals surface area contributed by atoms with Crippen LogP contribution in [0.15, 0.2) is 60.7 Å². The van der Waals surface area contributed by atoms with Gasteiger partial charge in [-0.1, -0.05) is 48.0 Å². The molecule has 0 saturated carbocycles. The van der Waals surface area contributed by atoms with E-state index in [4.69, 9.17) is 14.2 Å². The SMILES string of the molecule is Cc1ccc(CCNC(=O)CN2C(=O)C3(COc4cc5c(cc43)OCO5)c3ccccc32)cc1. The number of carbonyl (C=O) groups is 2. The summed E-state index contributed by atoms with van der Waals surface area (Å²) in [6, 6.07) is 19.5. The Morgan fingerprint density at radius 3 is 2.56 bits per heavy atom. The maximum absolute atomic E-state index is 13.9. The quantitative estimate of drug-likeness (QED) is 0.639. The fourth-order valence-electron chi connectivity index (χ4n) is 5.02. The summed E-state index contributed by atoms with van der Waals surface area (Å²) in [4.78, 5) is 28.3. The van der Waals surface area contributed by atoms with Crippen molar-refractivity contribution in [2.75, 3.05) is 31.4 Å². The van der Waals surface area contributed by atoms with E-state index in [1.807, 2.05) is 37.3 Å². The monoisotopic (exact) mass is 456 g/mol. The zero-order valence-corrected chi connectivity index (χ0v) is 18.8. The number of ether oxygens (including phenoxy) is 3. The van der Waals surface area contributed by atoms with Crippen molar-refractivity contribution in [2.24, 2.45) is 0 Å². The largest absolute Gasteiger partial charge is 0.491 e. The van der Waals surface area contributed by atoms with E-state index in [9.17, 15) is 9.59 Å². The van der Waals surface area contributed by atoms with Crippen LogP contribution in [-0.2, 0) is 21.4 Å². The van der Waals surface area contributed by atoms with Gasteiger partial charge in [0, 0.05) is 23.9 Å². The van der Waals surface area contributed by atoms with E-state index >= 15 is 0 Å². The number of para-hydroxylation sites is 1. The lowest BCUT2D eigenvalue weighted by Gasteiger charge is -2.23. The molecule has 3 aromatic carbocycles. The molecule has 1 spiro atoms. The van der Waals surface area contributed by atoms with Crippen LogP contribution in [0, 0.1) is 6.92 Å². The van der Waals surface area contributed by atoms with Crippen LogP contribution in [0.25, 0.3) is 0 Å². The van der Waals surface area contributed by atoms with Crippen LogP contribution >= 0.6 is 0 Å². The molecule has 0 saturated heterocycles. The minimum Gasteiger partial charge on any atom is -0.491 e. The zero-order chi connectivity index (χ0) is 23.3. The molecule has 172 valence electrons. The van der Waals surface area contributed by atoms with Crippen LogP contribution in [0.3, 0.4) is 0 Å². The van der Waals surface area contributed by atoms with Gasteiger partial charge < -0.3 is 24.4 Å². The Morgan fingerprint density at radius 1 is 0.971 bits per heavy atom. The second-order valence-electron chi connectivity index (χ2n) is 8.89. The van der Waals surface area contributed by atoms with Gasteiger partial charge in [0.25, 0.3) is 0 Å². The highest BCUT2D eigenvalue weighted by atomic mass is 16.7. The van der Waals surface area contributed by atoms with E-state index in [0.29, 0.717) is 23.8 Å². The molecule has 7 heteroatoms. The molecule has 2 amide bonds. The molecule has 3 heterocycles. The summed E-state index contributed by atoms with van der Waals surface area (Å²) in [7, 11) is 0. The number of nitrogens with zero attached hydrogens (tertiary/aromatic N) is 1. The van der Waals surface area contributed by atoms with Gasteiger partial charge in [-0.2, -0.15) is 0 Å². The molecule has 3 aromatic rings. The van der Waals surface area contributed by atoms with Gasteiger partial charge >= 0.3 is 0 Å². The van der Waals surface area contributed by atoms with Crippen LogP contribution in [0.4, 0.5) is 5.69 Å². The molecule has 0 aromatic heterocycles. The maximum Gasteiger partial charge on any atom is 0.246 e. The fraction of sp³-hybridized carbons (Fsp3) is 0.259. The lowest BCUT2D eigenvalue weighted by Crippen LogP contribution is -2.46. The average molecular weight is 456 g/mol. The summed E-state index contributed by atoms with van der Waals surface area (Å²) in [5.74, 6) is 1.45. The lowest BCUT2D eigenvalue weighted by molar-refractivity contribution is -0.125. The van der Waals surface area contributed by atoms with Crippen molar-refractivity contribution in [1.29, 1.82) is 0 Å². The average Bonchev–Trinajstić information content (AvgIpc) is 3.52. The Bertz CT molecular complexity index is 1300. The number of amides is 2. The van der Waals surface area contributed by atoms with Crippen LogP contribution < -0.4 is 24.4 Å². The van der Waals surface area contributed by atoms with E-state index in [1.54, 1.807) is 11.0 Å². The molecule has 0 aliphatic carbocycles. The molecular formula is C27H24N2O5. The number of hydrogen-bond donors (Lipinski definition) is 1. The van der Waals surface area contributed by atoms with Crippen LogP contribution in [-0.4, -0.2) is 38.3 Å². The molecule has 1 unspecified atom stereocenters. The van der Waals surface area contributed by atoms with Gasteiger partial charge in [-0.3, -0.25) is 9.59 Å². The number of carbonyl (C=O) groups excluding carboxylic acids is 2. The molecule has 34 heavy (non-hydrogen) atoms. The van der Waals surface area contributed by atoms with Crippen molar-refractivity contribution in [3.05, 3.63) is 82.9 Å². The lowest BCUT2D eigenvalue weighted by atomic mass is 9.77. The number of aryl methyl sites for hydroxylation is 1. The van der Waals surface area contributed by atoms with Gasteiger partial charge in [0.2, 0.25) is 18.6 Å². The molecule has 0 bridgehead atoms. The number of hydrogen-bond acceptors (Lipinski definition) is 5. The predicted molar refractivity (Wildman–Crippen MR) is 126 cm³/mol. The number of rotatable bonds is 5. The Kier molecular flexibility index (Phi) is 4.72. The molecule has 1 atom stereocenters. The summed E-state index contributed by atoms with van der Waals surface area (Å²) >= 11 is 0. The maximum atomic E-state index is 13.9. The first-order chi connectivity index (χ1) is 16.6. The number of nitrogens with one attached hydrogen (secondary N) is 1. The molecule has 1 N–H and O–H groups in total. The normalized spacial score (nSPS) is 19.2. The van der Waals surface area contributed by atoms with Crippen molar-refractivity contribution >= 4 is 17.5 Å². The highest BCUT2D eigenvalue weighted by Gasteiger charge is 2.57. The third-order valence-corrected chi connectivity index (χ3v) is 6.80. The molecule has 0 radical (unpaired) electrons. The summed E-state index contributed by atoms with van der Waals surface area (Å²) in [5.41, 5.74) is 3.67. The Balaban J connectivity index is 1.24. The number of fused-ring (bicyclic) bond motifs is 5. The van der Waals surface area contributed by atoms with Crippen molar-refractivity contribution in [2.45, 2.75) is 18.8 Å². The van der Waals surface area contributed by atoms with E-state index < -0.39 is 5.41 Å². The smallest absolute Gasteiger partial charge is 0.246 e. The summed E-state index contributed by atoms with van der Waals surface area (Å²) < 4.78 is 17.0. The molecule has 0 fully saturated rings. The van der Waals surface area contributed by atoms with Crippen LogP contribution in [0.1, 0.15) is 22.3 Å².